The molecule has 0 bridgehead atoms. The number of aromatic nitrogens is 2. The van der Waals surface area contributed by atoms with E-state index in [1.165, 1.54) is 12.4 Å². The molecule has 106 valence electrons. The van der Waals surface area contributed by atoms with Gasteiger partial charge in [-0.25, -0.2) is 4.98 Å². The summed E-state index contributed by atoms with van der Waals surface area (Å²) >= 11 is 6.13. The Bertz CT molecular complexity index is 712. The lowest BCUT2D eigenvalue weighted by atomic mass is 9.91. The molecule has 1 N–H and O–H groups in total. The van der Waals surface area contributed by atoms with Gasteiger partial charge in [-0.2, -0.15) is 0 Å². The van der Waals surface area contributed by atoms with Crippen LogP contribution in [-0.2, 0) is 0 Å². The van der Waals surface area contributed by atoms with Crippen LogP contribution in [0.5, 0.6) is 0 Å². The maximum Gasteiger partial charge on any atom is 0.273 e. The van der Waals surface area contributed by atoms with Crippen molar-refractivity contribution in [2.75, 3.05) is 0 Å². The van der Waals surface area contributed by atoms with Crippen molar-refractivity contribution < 1.29 is 4.92 Å². The van der Waals surface area contributed by atoms with Gasteiger partial charge < -0.3 is 4.98 Å². The summed E-state index contributed by atoms with van der Waals surface area (Å²) in [7, 11) is 0. The Labute approximate surface area is 119 Å². The van der Waals surface area contributed by atoms with Gasteiger partial charge in [-0.1, -0.05) is 6.92 Å². The van der Waals surface area contributed by atoms with Crippen LogP contribution in [0.3, 0.4) is 0 Å². The van der Waals surface area contributed by atoms with E-state index in [4.69, 9.17) is 11.6 Å². The van der Waals surface area contributed by atoms with Crippen molar-refractivity contribution in [3.05, 3.63) is 44.5 Å². The summed E-state index contributed by atoms with van der Waals surface area (Å²) in [4.78, 5) is 28.9. The predicted molar refractivity (Wildman–Crippen MR) is 77.4 cm³/mol. The highest BCUT2D eigenvalue weighted by atomic mass is 35.5. The smallest absolute Gasteiger partial charge is 0.273 e. The van der Waals surface area contributed by atoms with Gasteiger partial charge in [0, 0.05) is 22.9 Å². The zero-order valence-corrected chi connectivity index (χ0v) is 11.8. The minimum absolute atomic E-state index is 0.0876. The average molecular weight is 296 g/mol. The van der Waals surface area contributed by atoms with Gasteiger partial charge in [-0.3, -0.25) is 14.9 Å². The number of nitrogens with zero attached hydrogens (tertiary/aromatic N) is 2. The third-order valence-corrected chi connectivity index (χ3v) is 3.68. The van der Waals surface area contributed by atoms with Gasteiger partial charge in [0.15, 0.2) is 0 Å². The summed E-state index contributed by atoms with van der Waals surface area (Å²) in [5.74, 6) is -0.164. The van der Waals surface area contributed by atoms with E-state index in [0.29, 0.717) is 17.5 Å². The average Bonchev–Trinajstić information content (AvgIpc) is 2.38. The number of rotatable bonds is 4. The van der Waals surface area contributed by atoms with Crippen LogP contribution < -0.4 is 5.56 Å². The molecule has 0 aliphatic carbocycles. The molecule has 7 heteroatoms. The van der Waals surface area contributed by atoms with Crippen LogP contribution in [0.15, 0.2) is 23.3 Å². The van der Waals surface area contributed by atoms with E-state index in [0.717, 1.165) is 0 Å². The van der Waals surface area contributed by atoms with Gasteiger partial charge in [0.2, 0.25) is 0 Å². The Hall–Kier alpha value is -1.95. The van der Waals surface area contributed by atoms with Crippen molar-refractivity contribution in [1.29, 1.82) is 0 Å². The minimum Gasteiger partial charge on any atom is -0.313 e. The lowest BCUT2D eigenvalue weighted by Gasteiger charge is -2.18. The Kier molecular flexibility index (Phi) is 4.04. The van der Waals surface area contributed by atoms with Gasteiger partial charge >= 0.3 is 0 Å². The number of benzene rings is 1. The maximum absolute atomic E-state index is 11.7. The molecule has 0 aliphatic heterocycles. The third kappa shape index (κ3) is 2.51. The van der Waals surface area contributed by atoms with Crippen molar-refractivity contribution in [3.8, 4) is 0 Å². The summed E-state index contributed by atoms with van der Waals surface area (Å²) in [6.07, 6.45) is 1.95. The second-order valence-corrected chi connectivity index (χ2v) is 5.30. The van der Waals surface area contributed by atoms with Crippen LogP contribution in [0.1, 0.15) is 31.7 Å². The van der Waals surface area contributed by atoms with Crippen LogP contribution in [0.4, 0.5) is 5.69 Å². The monoisotopic (exact) mass is 295 g/mol. The summed E-state index contributed by atoms with van der Waals surface area (Å²) in [5, 5.41) is 11.2. The molecule has 1 aromatic carbocycles. The van der Waals surface area contributed by atoms with Crippen LogP contribution in [0.25, 0.3) is 10.9 Å². The lowest BCUT2D eigenvalue weighted by molar-refractivity contribution is -0.385. The first kappa shape index (κ1) is 14.5. The van der Waals surface area contributed by atoms with Gasteiger partial charge in [0.1, 0.15) is 0 Å². The van der Waals surface area contributed by atoms with Crippen LogP contribution in [-0.4, -0.2) is 20.3 Å². The summed E-state index contributed by atoms with van der Waals surface area (Å²) in [6, 6.07) is 2.87. The zero-order valence-electron chi connectivity index (χ0n) is 11.1. The first-order valence-corrected chi connectivity index (χ1v) is 6.69. The number of hydrogen-bond donors (Lipinski definition) is 1. The Balaban J connectivity index is 2.78. The summed E-state index contributed by atoms with van der Waals surface area (Å²) in [6.45, 7) is 3.72. The minimum atomic E-state index is -0.483. The molecule has 0 spiro atoms. The molecule has 2 aromatic rings. The number of fused-ring (bicyclic) bond motifs is 1. The van der Waals surface area contributed by atoms with Gasteiger partial charge in [0.05, 0.1) is 22.2 Å². The number of nitro benzene ring substituents is 1. The van der Waals surface area contributed by atoms with Gasteiger partial charge in [0.25, 0.3) is 11.2 Å². The maximum atomic E-state index is 11.7. The van der Waals surface area contributed by atoms with E-state index in [1.54, 1.807) is 13.0 Å². The van der Waals surface area contributed by atoms with Crippen LogP contribution in [0.2, 0.25) is 0 Å². The highest BCUT2D eigenvalue weighted by Crippen LogP contribution is 2.35. The molecule has 6 nitrogen and oxygen atoms in total. The quantitative estimate of drug-likeness (QED) is 0.533. The van der Waals surface area contributed by atoms with E-state index in [-0.39, 0.29) is 22.4 Å². The largest absolute Gasteiger partial charge is 0.313 e. The first-order valence-electron chi connectivity index (χ1n) is 6.25. The van der Waals surface area contributed by atoms with Crippen molar-refractivity contribution in [2.45, 2.75) is 31.6 Å². The van der Waals surface area contributed by atoms with E-state index in [1.807, 2.05) is 6.92 Å². The Morgan fingerprint density at radius 2 is 2.20 bits per heavy atom. The molecule has 0 amide bonds. The zero-order chi connectivity index (χ0) is 14.9. The fourth-order valence-corrected chi connectivity index (χ4v) is 2.68. The van der Waals surface area contributed by atoms with Crippen molar-refractivity contribution >= 4 is 28.2 Å². The fraction of sp³-hybridized carbons (Fsp3) is 0.385. The number of H-pyrrole nitrogens is 1. The van der Waals surface area contributed by atoms with E-state index < -0.39 is 10.5 Å². The molecule has 0 fully saturated rings. The molecule has 2 unspecified atom stereocenters. The van der Waals surface area contributed by atoms with Gasteiger partial charge in [-0.15, -0.1) is 11.6 Å². The standard InChI is InChI=1S/C13H14ClN3O3/c1-3-8(7(2)14)9-4-11-10(5-12(9)17(19)20)13(18)16-6-15-11/h4-8H,3H2,1-2H3,(H,15,16,18). The third-order valence-electron chi connectivity index (χ3n) is 3.38. The molecule has 1 aromatic heterocycles. The predicted octanol–water partition coefficient (Wildman–Crippen LogP) is 2.95. The summed E-state index contributed by atoms with van der Waals surface area (Å²) < 4.78 is 0. The fourth-order valence-electron chi connectivity index (χ4n) is 2.37. The number of aromatic amines is 1. The molecule has 0 aliphatic rings. The van der Waals surface area contributed by atoms with Crippen molar-refractivity contribution in [1.82, 2.24) is 9.97 Å². The van der Waals surface area contributed by atoms with Crippen molar-refractivity contribution in [3.63, 3.8) is 0 Å². The Morgan fingerprint density at radius 1 is 1.50 bits per heavy atom. The number of nitrogens with one attached hydrogen (secondary N) is 1. The highest BCUT2D eigenvalue weighted by molar-refractivity contribution is 6.21. The summed E-state index contributed by atoms with van der Waals surface area (Å²) in [5.41, 5.74) is 0.475. The topological polar surface area (TPSA) is 88.9 Å². The molecule has 2 rings (SSSR count). The molecular formula is C13H14ClN3O3. The van der Waals surface area contributed by atoms with Crippen LogP contribution in [0, 0.1) is 10.1 Å². The molecule has 1 heterocycles. The number of hydrogen-bond acceptors (Lipinski definition) is 4. The Morgan fingerprint density at radius 3 is 2.75 bits per heavy atom. The first-order chi connectivity index (χ1) is 9.45. The molecule has 2 atom stereocenters. The van der Waals surface area contributed by atoms with E-state index in [2.05, 4.69) is 9.97 Å². The molecule has 0 saturated heterocycles. The molecular weight excluding hydrogens is 282 g/mol. The normalized spacial score (nSPS) is 14.2. The van der Waals surface area contributed by atoms with E-state index in [9.17, 15) is 14.9 Å². The van der Waals surface area contributed by atoms with Crippen LogP contribution >= 0.6 is 11.6 Å². The number of alkyl halides is 1. The molecule has 20 heavy (non-hydrogen) atoms. The number of nitro groups is 1. The van der Waals surface area contributed by atoms with Gasteiger partial charge in [-0.05, 0) is 19.4 Å². The SMILES string of the molecule is CCC(c1cc2nc[nH]c(=O)c2cc1[N+](=O)[O-])C(C)Cl. The van der Waals surface area contributed by atoms with Crippen molar-refractivity contribution in [2.24, 2.45) is 0 Å². The highest BCUT2D eigenvalue weighted by Gasteiger charge is 2.26. The second-order valence-electron chi connectivity index (χ2n) is 4.61. The lowest BCUT2D eigenvalue weighted by Crippen LogP contribution is -2.13. The number of halogens is 1. The molecule has 0 saturated carbocycles. The molecule has 0 radical (unpaired) electrons. The van der Waals surface area contributed by atoms with E-state index >= 15 is 0 Å². The second kappa shape index (κ2) is 5.58.